The molecule has 1 N–H and O–H groups in total. The van der Waals surface area contributed by atoms with Crippen LogP contribution in [0.3, 0.4) is 0 Å². The van der Waals surface area contributed by atoms with Gasteiger partial charge >= 0.3 is 0 Å². The molecule has 1 heterocycles. The van der Waals surface area contributed by atoms with Crippen LogP contribution < -0.4 is 5.32 Å². The van der Waals surface area contributed by atoms with E-state index in [1.54, 1.807) is 24.1 Å². The third-order valence-corrected chi connectivity index (χ3v) is 3.51. The van der Waals surface area contributed by atoms with E-state index < -0.39 is 0 Å². The highest BCUT2D eigenvalue weighted by atomic mass is 35.5. The number of anilines is 1. The first kappa shape index (κ1) is 15.8. The molecule has 1 atom stereocenters. The Morgan fingerprint density at radius 2 is 2.16 bits per heavy atom. The molecular formula is C14H22ClN3O. The molecule has 0 aliphatic carbocycles. The number of carbonyl (C=O) groups is 1. The Kier molecular flexibility index (Phi) is 6.09. The van der Waals surface area contributed by atoms with Gasteiger partial charge in [0.2, 0.25) is 0 Å². The minimum atomic E-state index is -0.107. The van der Waals surface area contributed by atoms with Crippen molar-refractivity contribution < 1.29 is 4.79 Å². The average Bonchev–Trinajstić information content (AvgIpc) is 2.44. The van der Waals surface area contributed by atoms with E-state index >= 15 is 0 Å². The molecule has 0 saturated heterocycles. The minimum absolute atomic E-state index is 0.107. The molecule has 0 saturated carbocycles. The fraction of sp³-hybridized carbons (Fsp3) is 0.571. The van der Waals surface area contributed by atoms with Crippen molar-refractivity contribution in [3.05, 3.63) is 22.8 Å². The second-order valence-corrected chi connectivity index (χ2v) is 5.04. The van der Waals surface area contributed by atoms with E-state index in [0.29, 0.717) is 29.0 Å². The van der Waals surface area contributed by atoms with E-state index in [1.807, 2.05) is 6.92 Å². The van der Waals surface area contributed by atoms with Crippen molar-refractivity contribution in [2.45, 2.75) is 27.2 Å². The number of rotatable bonds is 6. The normalized spacial score (nSPS) is 12.1. The number of hydrogen-bond donors (Lipinski definition) is 1. The van der Waals surface area contributed by atoms with Crippen molar-refractivity contribution in [1.29, 1.82) is 0 Å². The van der Waals surface area contributed by atoms with Crippen LogP contribution in [0.4, 0.5) is 5.82 Å². The Bertz CT molecular complexity index is 437. The van der Waals surface area contributed by atoms with E-state index in [0.717, 1.165) is 13.0 Å². The van der Waals surface area contributed by atoms with Gasteiger partial charge in [-0.25, -0.2) is 4.98 Å². The summed E-state index contributed by atoms with van der Waals surface area (Å²) in [5.41, 5.74) is 0.318. The molecule has 0 aliphatic rings. The van der Waals surface area contributed by atoms with Crippen molar-refractivity contribution in [1.82, 2.24) is 9.88 Å². The van der Waals surface area contributed by atoms with Gasteiger partial charge < -0.3 is 10.2 Å². The Balaban J connectivity index is 2.96. The summed E-state index contributed by atoms with van der Waals surface area (Å²) in [7, 11) is 1.77. The number of aromatic nitrogens is 1. The van der Waals surface area contributed by atoms with Crippen molar-refractivity contribution in [3.63, 3.8) is 0 Å². The fourth-order valence-corrected chi connectivity index (χ4v) is 1.93. The molecule has 4 nitrogen and oxygen atoms in total. The third kappa shape index (κ3) is 4.10. The highest BCUT2D eigenvalue weighted by molar-refractivity contribution is 6.33. The molecule has 1 rings (SSSR count). The van der Waals surface area contributed by atoms with Crippen LogP contribution in [-0.4, -0.2) is 35.9 Å². The van der Waals surface area contributed by atoms with Crippen LogP contribution in [-0.2, 0) is 0 Å². The molecule has 1 unspecified atom stereocenters. The lowest BCUT2D eigenvalue weighted by atomic mass is 10.1. The SMILES string of the molecule is CCC(C)CN(CC)C(=O)c1nc(NC)ccc1Cl. The lowest BCUT2D eigenvalue weighted by molar-refractivity contribution is 0.0735. The predicted octanol–water partition coefficient (Wildman–Crippen LogP) is 3.28. The van der Waals surface area contributed by atoms with Crippen LogP contribution in [0.2, 0.25) is 5.02 Å². The summed E-state index contributed by atoms with van der Waals surface area (Å²) in [5.74, 6) is 1.01. The highest BCUT2D eigenvalue weighted by Gasteiger charge is 2.20. The van der Waals surface area contributed by atoms with E-state index in [4.69, 9.17) is 11.6 Å². The number of halogens is 1. The molecule has 1 amide bonds. The molecule has 106 valence electrons. The third-order valence-electron chi connectivity index (χ3n) is 3.20. The molecule has 1 aromatic rings. The van der Waals surface area contributed by atoms with Crippen LogP contribution in [0.5, 0.6) is 0 Å². The van der Waals surface area contributed by atoms with Gasteiger partial charge in [-0.1, -0.05) is 31.9 Å². The first-order valence-electron chi connectivity index (χ1n) is 6.67. The molecule has 1 aromatic heterocycles. The number of pyridine rings is 1. The number of nitrogens with zero attached hydrogens (tertiary/aromatic N) is 2. The zero-order valence-electron chi connectivity index (χ0n) is 12.0. The van der Waals surface area contributed by atoms with Gasteiger partial charge in [0.1, 0.15) is 11.5 Å². The molecule has 5 heteroatoms. The first-order chi connectivity index (χ1) is 9.03. The number of amides is 1. The van der Waals surface area contributed by atoms with Crippen molar-refractivity contribution in [2.24, 2.45) is 5.92 Å². The van der Waals surface area contributed by atoms with Gasteiger partial charge in [0.15, 0.2) is 0 Å². The maximum absolute atomic E-state index is 12.5. The van der Waals surface area contributed by atoms with Gasteiger partial charge in [-0.2, -0.15) is 0 Å². The van der Waals surface area contributed by atoms with Crippen LogP contribution in [0, 0.1) is 5.92 Å². The standard InChI is InChI=1S/C14H22ClN3O/c1-5-10(3)9-18(6-2)14(19)13-11(15)7-8-12(16-4)17-13/h7-8,10H,5-6,9H2,1-4H3,(H,16,17). The van der Waals surface area contributed by atoms with E-state index in [-0.39, 0.29) is 5.91 Å². The summed E-state index contributed by atoms with van der Waals surface area (Å²) in [6.07, 6.45) is 1.04. The Hall–Kier alpha value is -1.29. The summed E-state index contributed by atoms with van der Waals surface area (Å²) in [5, 5.41) is 3.31. The van der Waals surface area contributed by atoms with Crippen LogP contribution in [0.1, 0.15) is 37.7 Å². The molecule has 19 heavy (non-hydrogen) atoms. The van der Waals surface area contributed by atoms with Gasteiger partial charge in [-0.05, 0) is 25.0 Å². The zero-order valence-corrected chi connectivity index (χ0v) is 12.8. The quantitative estimate of drug-likeness (QED) is 0.871. The van der Waals surface area contributed by atoms with Crippen molar-refractivity contribution >= 4 is 23.3 Å². The van der Waals surface area contributed by atoms with Crippen molar-refractivity contribution in [2.75, 3.05) is 25.5 Å². The zero-order chi connectivity index (χ0) is 14.4. The molecule has 0 spiro atoms. The molecule has 0 fully saturated rings. The second-order valence-electron chi connectivity index (χ2n) is 4.63. The molecule has 0 aliphatic heterocycles. The van der Waals surface area contributed by atoms with Crippen LogP contribution in [0.15, 0.2) is 12.1 Å². The summed E-state index contributed by atoms with van der Waals surface area (Å²) < 4.78 is 0. The fourth-order valence-electron chi connectivity index (χ4n) is 1.74. The van der Waals surface area contributed by atoms with Gasteiger partial charge in [0.05, 0.1) is 5.02 Å². The minimum Gasteiger partial charge on any atom is -0.373 e. The van der Waals surface area contributed by atoms with Gasteiger partial charge in [-0.3, -0.25) is 4.79 Å². The summed E-state index contributed by atoms with van der Waals surface area (Å²) >= 11 is 6.08. The molecule has 0 radical (unpaired) electrons. The van der Waals surface area contributed by atoms with Crippen LogP contribution in [0.25, 0.3) is 0 Å². The summed E-state index contributed by atoms with van der Waals surface area (Å²) in [6.45, 7) is 7.61. The van der Waals surface area contributed by atoms with E-state index in [1.165, 1.54) is 0 Å². The van der Waals surface area contributed by atoms with Crippen LogP contribution >= 0.6 is 11.6 Å². The molecular weight excluding hydrogens is 262 g/mol. The highest BCUT2D eigenvalue weighted by Crippen LogP contribution is 2.19. The maximum Gasteiger partial charge on any atom is 0.274 e. The Labute approximate surface area is 120 Å². The average molecular weight is 284 g/mol. The maximum atomic E-state index is 12.5. The monoisotopic (exact) mass is 283 g/mol. The van der Waals surface area contributed by atoms with Gasteiger partial charge in [0.25, 0.3) is 5.91 Å². The summed E-state index contributed by atoms with van der Waals surface area (Å²) in [4.78, 5) is 18.5. The Morgan fingerprint density at radius 1 is 1.47 bits per heavy atom. The number of carbonyl (C=O) groups excluding carboxylic acids is 1. The largest absolute Gasteiger partial charge is 0.373 e. The van der Waals surface area contributed by atoms with E-state index in [9.17, 15) is 4.79 Å². The topological polar surface area (TPSA) is 45.2 Å². The lowest BCUT2D eigenvalue weighted by Gasteiger charge is -2.24. The van der Waals surface area contributed by atoms with Crippen molar-refractivity contribution in [3.8, 4) is 0 Å². The van der Waals surface area contributed by atoms with E-state index in [2.05, 4.69) is 24.1 Å². The molecule has 0 aromatic carbocycles. The summed E-state index contributed by atoms with van der Waals surface area (Å²) in [6, 6.07) is 3.45. The first-order valence-corrected chi connectivity index (χ1v) is 7.04. The Morgan fingerprint density at radius 3 is 2.68 bits per heavy atom. The lowest BCUT2D eigenvalue weighted by Crippen LogP contribution is -2.35. The van der Waals surface area contributed by atoms with Gasteiger partial charge in [0, 0.05) is 20.1 Å². The number of nitrogens with one attached hydrogen (secondary N) is 1. The molecule has 0 bridgehead atoms. The number of hydrogen-bond acceptors (Lipinski definition) is 3. The smallest absolute Gasteiger partial charge is 0.274 e. The predicted molar refractivity (Wildman–Crippen MR) is 79.8 cm³/mol. The second kappa shape index (κ2) is 7.34. The van der Waals surface area contributed by atoms with Gasteiger partial charge in [-0.15, -0.1) is 0 Å².